The lowest BCUT2D eigenvalue weighted by molar-refractivity contribution is 0.207. The summed E-state index contributed by atoms with van der Waals surface area (Å²) in [5.74, 6) is 0.891. The molecular formula is C17H21N3O. The fourth-order valence-electron chi connectivity index (χ4n) is 2.69. The van der Waals surface area contributed by atoms with E-state index in [9.17, 15) is 0 Å². The molecule has 1 aliphatic rings. The molecule has 1 aliphatic heterocycles. The van der Waals surface area contributed by atoms with Crippen LogP contribution in [0.1, 0.15) is 17.5 Å². The second kappa shape index (κ2) is 6.68. The molecule has 0 aliphatic carbocycles. The highest BCUT2D eigenvalue weighted by molar-refractivity contribution is 5.25. The van der Waals surface area contributed by atoms with Gasteiger partial charge in [-0.3, -0.25) is 9.97 Å². The zero-order valence-electron chi connectivity index (χ0n) is 12.4. The number of nitrogens with zero attached hydrogens (tertiary/aromatic N) is 3. The van der Waals surface area contributed by atoms with Crippen LogP contribution in [0.5, 0.6) is 5.75 Å². The number of pyridine rings is 2. The second-order valence-corrected chi connectivity index (χ2v) is 5.68. The highest BCUT2D eigenvalue weighted by Gasteiger charge is 2.20. The van der Waals surface area contributed by atoms with Crippen LogP contribution >= 0.6 is 0 Å². The molecule has 1 unspecified atom stereocenters. The van der Waals surface area contributed by atoms with Crippen molar-refractivity contribution >= 4 is 0 Å². The van der Waals surface area contributed by atoms with Crippen molar-refractivity contribution in [2.75, 3.05) is 20.1 Å². The molecule has 0 amide bonds. The fourth-order valence-corrected chi connectivity index (χ4v) is 2.69. The second-order valence-electron chi connectivity index (χ2n) is 5.68. The van der Waals surface area contributed by atoms with Crippen molar-refractivity contribution in [3.8, 4) is 5.75 Å². The van der Waals surface area contributed by atoms with E-state index in [1.807, 2.05) is 24.8 Å². The molecule has 1 fully saturated rings. The Hall–Kier alpha value is -1.94. The Bertz CT molecular complexity index is 573. The van der Waals surface area contributed by atoms with Crippen LogP contribution in [0, 0.1) is 0 Å². The van der Waals surface area contributed by atoms with Gasteiger partial charge in [-0.15, -0.1) is 0 Å². The summed E-state index contributed by atoms with van der Waals surface area (Å²) in [4.78, 5) is 10.6. The van der Waals surface area contributed by atoms with Crippen molar-refractivity contribution in [2.45, 2.75) is 25.4 Å². The van der Waals surface area contributed by atoms with Crippen LogP contribution in [0.15, 0.2) is 43.0 Å². The van der Waals surface area contributed by atoms with Crippen LogP contribution < -0.4 is 4.74 Å². The van der Waals surface area contributed by atoms with Gasteiger partial charge in [0.2, 0.25) is 0 Å². The van der Waals surface area contributed by atoms with Gasteiger partial charge in [-0.05, 0) is 55.6 Å². The molecular weight excluding hydrogens is 262 g/mol. The van der Waals surface area contributed by atoms with Crippen LogP contribution in [0.3, 0.4) is 0 Å². The van der Waals surface area contributed by atoms with Crippen LogP contribution in [0.4, 0.5) is 0 Å². The quantitative estimate of drug-likeness (QED) is 0.844. The third-order valence-electron chi connectivity index (χ3n) is 3.87. The first-order valence-corrected chi connectivity index (χ1v) is 7.47. The number of aryl methyl sites for hydroxylation is 2. The van der Waals surface area contributed by atoms with Crippen molar-refractivity contribution in [3.05, 3.63) is 54.1 Å². The molecule has 2 aromatic heterocycles. The minimum absolute atomic E-state index is 0.298. The van der Waals surface area contributed by atoms with Gasteiger partial charge in [-0.1, -0.05) is 0 Å². The third kappa shape index (κ3) is 4.02. The van der Waals surface area contributed by atoms with E-state index in [0.717, 1.165) is 38.1 Å². The highest BCUT2D eigenvalue weighted by Crippen LogP contribution is 2.18. The lowest BCUT2D eigenvalue weighted by Gasteiger charge is -2.14. The summed E-state index contributed by atoms with van der Waals surface area (Å²) >= 11 is 0. The Morgan fingerprint density at radius 1 is 1.14 bits per heavy atom. The van der Waals surface area contributed by atoms with Gasteiger partial charge in [-0.25, -0.2) is 0 Å². The van der Waals surface area contributed by atoms with Crippen molar-refractivity contribution in [2.24, 2.45) is 0 Å². The van der Waals surface area contributed by atoms with E-state index in [0.29, 0.717) is 6.10 Å². The van der Waals surface area contributed by atoms with Crippen molar-refractivity contribution in [3.63, 3.8) is 0 Å². The summed E-state index contributed by atoms with van der Waals surface area (Å²) in [5.41, 5.74) is 2.52. The van der Waals surface area contributed by atoms with Crippen molar-refractivity contribution in [1.29, 1.82) is 0 Å². The van der Waals surface area contributed by atoms with E-state index in [2.05, 4.69) is 40.1 Å². The van der Waals surface area contributed by atoms with E-state index in [4.69, 9.17) is 4.74 Å². The number of likely N-dealkylation sites (tertiary alicyclic amines) is 1. The first-order valence-electron chi connectivity index (χ1n) is 7.47. The Kier molecular flexibility index (Phi) is 4.46. The fraction of sp³-hybridized carbons (Fsp3) is 0.412. The van der Waals surface area contributed by atoms with E-state index in [1.54, 1.807) is 0 Å². The molecule has 2 aromatic rings. The summed E-state index contributed by atoms with van der Waals surface area (Å²) < 4.78 is 6.02. The number of aromatic nitrogens is 2. The predicted octanol–water partition coefficient (Wildman–Crippen LogP) is 2.34. The molecule has 4 nitrogen and oxygen atoms in total. The maximum absolute atomic E-state index is 6.02. The van der Waals surface area contributed by atoms with E-state index < -0.39 is 0 Å². The normalized spacial score (nSPS) is 18.8. The molecule has 3 rings (SSSR count). The molecule has 0 saturated carbocycles. The lowest BCUT2D eigenvalue weighted by atomic mass is 10.1. The minimum atomic E-state index is 0.298. The largest absolute Gasteiger partial charge is 0.487 e. The molecule has 21 heavy (non-hydrogen) atoms. The maximum atomic E-state index is 6.02. The van der Waals surface area contributed by atoms with Gasteiger partial charge in [0.15, 0.2) is 0 Å². The van der Waals surface area contributed by atoms with Gasteiger partial charge >= 0.3 is 0 Å². The van der Waals surface area contributed by atoms with E-state index in [1.165, 1.54) is 11.1 Å². The smallest absolute Gasteiger partial charge is 0.138 e. The van der Waals surface area contributed by atoms with Crippen LogP contribution in [-0.4, -0.2) is 41.1 Å². The van der Waals surface area contributed by atoms with Gasteiger partial charge in [0, 0.05) is 31.7 Å². The lowest BCUT2D eigenvalue weighted by Crippen LogP contribution is -2.21. The standard InChI is InChI=1S/C17H21N3O/c1-20-9-6-16(13-20)21-17-10-15(11-19-12-17)3-2-14-4-7-18-8-5-14/h4-5,7-8,10-12,16H,2-3,6,9,13H2,1H3. The van der Waals surface area contributed by atoms with Crippen LogP contribution in [0.25, 0.3) is 0 Å². The number of hydrogen-bond donors (Lipinski definition) is 0. The van der Waals surface area contributed by atoms with Crippen LogP contribution in [-0.2, 0) is 12.8 Å². The van der Waals surface area contributed by atoms with Gasteiger partial charge in [-0.2, -0.15) is 0 Å². The zero-order valence-corrected chi connectivity index (χ0v) is 12.4. The molecule has 0 bridgehead atoms. The summed E-state index contributed by atoms with van der Waals surface area (Å²) in [6, 6.07) is 6.23. The van der Waals surface area contributed by atoms with Gasteiger partial charge in [0.1, 0.15) is 11.9 Å². The Morgan fingerprint density at radius 2 is 1.95 bits per heavy atom. The summed E-state index contributed by atoms with van der Waals surface area (Å²) in [6.45, 7) is 2.11. The SMILES string of the molecule is CN1CCC(Oc2cncc(CCc3ccncc3)c2)C1. The van der Waals surface area contributed by atoms with Crippen molar-refractivity contribution in [1.82, 2.24) is 14.9 Å². The number of rotatable bonds is 5. The molecule has 0 radical (unpaired) electrons. The Balaban J connectivity index is 1.58. The van der Waals surface area contributed by atoms with E-state index >= 15 is 0 Å². The van der Waals surface area contributed by atoms with Gasteiger partial charge < -0.3 is 9.64 Å². The molecule has 110 valence electrons. The number of likely N-dealkylation sites (N-methyl/N-ethyl adjacent to an activating group) is 1. The molecule has 1 saturated heterocycles. The summed E-state index contributed by atoms with van der Waals surface area (Å²) in [6.07, 6.45) is 10.8. The van der Waals surface area contributed by atoms with E-state index in [-0.39, 0.29) is 0 Å². The summed E-state index contributed by atoms with van der Waals surface area (Å²) in [5, 5.41) is 0. The van der Waals surface area contributed by atoms with Crippen molar-refractivity contribution < 1.29 is 4.74 Å². The topological polar surface area (TPSA) is 38.2 Å². The molecule has 0 spiro atoms. The maximum Gasteiger partial charge on any atom is 0.138 e. The molecule has 0 N–H and O–H groups in total. The van der Waals surface area contributed by atoms with Gasteiger partial charge in [0.05, 0.1) is 6.20 Å². The predicted molar refractivity (Wildman–Crippen MR) is 82.4 cm³/mol. The Labute approximate surface area is 125 Å². The molecule has 3 heterocycles. The number of ether oxygens (including phenoxy) is 1. The highest BCUT2D eigenvalue weighted by atomic mass is 16.5. The van der Waals surface area contributed by atoms with Crippen LogP contribution in [0.2, 0.25) is 0 Å². The third-order valence-corrected chi connectivity index (χ3v) is 3.87. The first kappa shape index (κ1) is 14.0. The van der Waals surface area contributed by atoms with Gasteiger partial charge in [0.25, 0.3) is 0 Å². The molecule has 4 heteroatoms. The molecule has 0 aromatic carbocycles. The Morgan fingerprint density at radius 3 is 2.71 bits per heavy atom. The summed E-state index contributed by atoms with van der Waals surface area (Å²) in [7, 11) is 2.13. The number of hydrogen-bond acceptors (Lipinski definition) is 4. The first-order chi connectivity index (χ1) is 10.3. The molecule has 1 atom stereocenters. The monoisotopic (exact) mass is 283 g/mol. The average molecular weight is 283 g/mol. The minimum Gasteiger partial charge on any atom is -0.487 e. The zero-order chi connectivity index (χ0) is 14.5. The average Bonchev–Trinajstić information content (AvgIpc) is 2.92.